The number of piperidine rings is 1. The minimum Gasteiger partial charge on any atom is -0.406 e. The summed E-state index contributed by atoms with van der Waals surface area (Å²) in [6, 6.07) is 18.4. The third kappa shape index (κ3) is 8.51. The Morgan fingerprint density at radius 3 is 2.52 bits per heavy atom. The maximum Gasteiger partial charge on any atom is 0.573 e. The number of likely N-dealkylation sites (tertiary alicyclic amines) is 1. The number of amides is 1. The molecule has 14 nitrogen and oxygen atoms in total. The summed E-state index contributed by atoms with van der Waals surface area (Å²) in [7, 11) is 0. The largest absolute Gasteiger partial charge is 0.573 e. The van der Waals surface area contributed by atoms with Gasteiger partial charge in [0.05, 0.1) is 42.3 Å². The van der Waals surface area contributed by atoms with Gasteiger partial charge in [-0.05, 0) is 97.8 Å². The fourth-order valence-electron chi connectivity index (χ4n) is 9.35. The predicted octanol–water partition coefficient (Wildman–Crippen LogP) is 8.07. The molecule has 0 aliphatic carbocycles. The van der Waals surface area contributed by atoms with Crippen molar-refractivity contribution in [3.05, 3.63) is 129 Å². The van der Waals surface area contributed by atoms with Crippen molar-refractivity contribution in [2.45, 2.75) is 66.0 Å². The standard InChI is InChI=1S/C47H45F4N11O3/c1-27(2)23-58-18-16-39(28(3)24-58)62-43-41(29(4)55-45(57-43)56-32-9-12-34(13-10-32)65-47(49,50)51)61(46(62)64)33-11-14-38(54-22-33)44(63)59-19-15-35-36-6-5-17-53-42(36)60(40(35)26-59)25-31-8-7-30(21-52)20-37(31)48/h5-14,17,20,22,27-28,39H,15-16,18-19,23-26H2,1-4H3,(H,55,56,57)/t28-,39+/m1/s1. The topological polar surface area (TPSA) is 152 Å². The van der Waals surface area contributed by atoms with E-state index in [2.05, 4.69) is 50.7 Å². The van der Waals surface area contributed by atoms with Gasteiger partial charge in [0.25, 0.3) is 5.91 Å². The molecule has 1 saturated heterocycles. The van der Waals surface area contributed by atoms with Crippen LogP contribution >= 0.6 is 0 Å². The number of hydrogen-bond acceptors (Lipinski definition) is 10. The first-order valence-electron chi connectivity index (χ1n) is 21.4. The van der Waals surface area contributed by atoms with Crippen molar-refractivity contribution in [1.82, 2.24) is 43.4 Å². The van der Waals surface area contributed by atoms with Gasteiger partial charge in [-0.1, -0.05) is 26.8 Å². The van der Waals surface area contributed by atoms with Crippen LogP contribution in [0, 0.1) is 35.9 Å². The Kier molecular flexibility index (Phi) is 11.4. The second-order valence-corrected chi connectivity index (χ2v) is 17.2. The average Bonchev–Trinajstić information content (AvgIpc) is 3.74. The molecule has 0 radical (unpaired) electrons. The number of anilines is 2. The molecule has 0 spiro atoms. The molecule has 334 valence electrons. The number of alkyl halides is 3. The van der Waals surface area contributed by atoms with Gasteiger partial charge in [0, 0.05) is 60.7 Å². The van der Waals surface area contributed by atoms with E-state index in [0.717, 1.165) is 36.3 Å². The van der Waals surface area contributed by atoms with Gasteiger partial charge >= 0.3 is 12.1 Å². The van der Waals surface area contributed by atoms with Crippen LogP contribution in [0.25, 0.3) is 27.9 Å². The van der Waals surface area contributed by atoms with Gasteiger partial charge in [0.15, 0.2) is 5.65 Å². The Hall–Kier alpha value is -7.13. The van der Waals surface area contributed by atoms with E-state index in [1.54, 1.807) is 46.9 Å². The Morgan fingerprint density at radius 2 is 1.83 bits per heavy atom. The van der Waals surface area contributed by atoms with Crippen molar-refractivity contribution in [2.24, 2.45) is 11.8 Å². The number of fused-ring (bicyclic) bond motifs is 4. The number of nitriles is 1. The number of aryl methyl sites for hydroxylation is 1. The first kappa shape index (κ1) is 43.1. The molecule has 2 aliphatic heterocycles. The van der Waals surface area contributed by atoms with Gasteiger partial charge in [-0.25, -0.2) is 24.1 Å². The van der Waals surface area contributed by atoms with Gasteiger partial charge in [-0.2, -0.15) is 10.2 Å². The van der Waals surface area contributed by atoms with Crippen molar-refractivity contribution in [2.75, 3.05) is 31.5 Å². The van der Waals surface area contributed by atoms with Crippen LogP contribution in [-0.2, 0) is 19.5 Å². The molecule has 2 aliphatic rings. The Labute approximate surface area is 370 Å². The van der Waals surface area contributed by atoms with E-state index >= 15 is 4.39 Å². The second kappa shape index (κ2) is 17.1. The zero-order valence-electron chi connectivity index (χ0n) is 36.1. The molecule has 9 rings (SSSR count). The summed E-state index contributed by atoms with van der Waals surface area (Å²) in [5.74, 6) is -0.490. The van der Waals surface area contributed by atoms with Crippen LogP contribution in [0.3, 0.4) is 0 Å². The molecule has 0 saturated carbocycles. The van der Waals surface area contributed by atoms with E-state index in [9.17, 15) is 28.0 Å². The highest BCUT2D eigenvalue weighted by molar-refractivity contribution is 5.93. The summed E-state index contributed by atoms with van der Waals surface area (Å²) >= 11 is 0. The van der Waals surface area contributed by atoms with Crippen LogP contribution in [-0.4, -0.2) is 81.9 Å². The molecule has 2 aromatic carbocycles. The third-order valence-corrected chi connectivity index (χ3v) is 12.2. The number of imidazole rings is 1. The van der Waals surface area contributed by atoms with Crippen molar-refractivity contribution in [1.29, 1.82) is 5.26 Å². The molecule has 5 aromatic heterocycles. The number of nitrogens with zero attached hydrogens (tertiary/aromatic N) is 10. The average molecular weight is 888 g/mol. The molecule has 18 heteroatoms. The summed E-state index contributed by atoms with van der Waals surface area (Å²) in [4.78, 5) is 51.9. The molecule has 2 atom stereocenters. The summed E-state index contributed by atoms with van der Waals surface area (Å²) in [5, 5.41) is 13.3. The zero-order valence-corrected chi connectivity index (χ0v) is 36.1. The molecule has 1 amide bonds. The van der Waals surface area contributed by atoms with Gasteiger partial charge < -0.3 is 24.4 Å². The van der Waals surface area contributed by atoms with Crippen LogP contribution in [0.5, 0.6) is 5.75 Å². The lowest BCUT2D eigenvalue weighted by molar-refractivity contribution is -0.274. The van der Waals surface area contributed by atoms with Crippen molar-refractivity contribution < 1.29 is 27.1 Å². The number of halogens is 4. The Balaban J connectivity index is 1.03. The Bertz CT molecular complexity index is 3040. The fourth-order valence-corrected chi connectivity index (χ4v) is 9.35. The van der Waals surface area contributed by atoms with Crippen molar-refractivity contribution in [3.63, 3.8) is 0 Å². The zero-order chi connectivity index (χ0) is 45.7. The normalized spacial score (nSPS) is 16.8. The van der Waals surface area contributed by atoms with E-state index in [0.29, 0.717) is 64.7 Å². The number of nitrogens with one attached hydrogen (secondary N) is 1. The molecule has 7 heterocycles. The van der Waals surface area contributed by atoms with E-state index in [1.165, 1.54) is 41.1 Å². The van der Waals surface area contributed by atoms with E-state index < -0.39 is 12.2 Å². The smallest absolute Gasteiger partial charge is 0.406 e. The number of rotatable bonds is 10. The van der Waals surface area contributed by atoms with Crippen molar-refractivity contribution >= 4 is 39.7 Å². The number of carbonyl (C=O) groups is 1. The number of pyridine rings is 2. The van der Waals surface area contributed by atoms with Crippen LogP contribution in [0.1, 0.15) is 71.8 Å². The number of aromatic nitrogens is 7. The number of hydrogen-bond donors (Lipinski definition) is 1. The number of ether oxygens (including phenoxy) is 1. The monoisotopic (exact) mass is 887 g/mol. The minimum atomic E-state index is -4.83. The van der Waals surface area contributed by atoms with Gasteiger partial charge in [-0.15, -0.1) is 13.2 Å². The molecule has 0 unspecified atom stereocenters. The van der Waals surface area contributed by atoms with E-state index in [1.807, 2.05) is 22.8 Å². The minimum absolute atomic E-state index is 0.0768. The molecule has 0 bridgehead atoms. The summed E-state index contributed by atoms with van der Waals surface area (Å²) < 4.78 is 62.8. The summed E-state index contributed by atoms with van der Waals surface area (Å²) in [6.45, 7) is 11.5. The van der Waals surface area contributed by atoms with Crippen LogP contribution < -0.4 is 15.7 Å². The highest BCUT2D eigenvalue weighted by atomic mass is 19.4. The lowest BCUT2D eigenvalue weighted by Gasteiger charge is -2.38. The third-order valence-electron chi connectivity index (χ3n) is 12.2. The van der Waals surface area contributed by atoms with Crippen LogP contribution in [0.15, 0.2) is 83.9 Å². The molecule has 7 aromatic rings. The second-order valence-electron chi connectivity index (χ2n) is 17.2. The SMILES string of the molecule is Cc1nc(Nc2ccc(OC(F)(F)F)cc2)nc2c1n(-c1ccc(C(=O)N3CCc4c(n(Cc5ccc(C#N)cc5F)c5ncccc45)C3)nc1)c(=O)n2[C@H]1CCN(CC(C)C)C[C@H]1C. The number of carbonyl (C=O) groups excluding carboxylic acids is 1. The number of benzene rings is 2. The molecular formula is C47H45F4N11O3. The first-order chi connectivity index (χ1) is 31.1. The molecule has 1 N–H and O–H groups in total. The van der Waals surface area contributed by atoms with Gasteiger partial charge in [-0.3, -0.25) is 13.9 Å². The summed E-state index contributed by atoms with van der Waals surface area (Å²) in [6.07, 6.45) is -0.419. The molecule has 65 heavy (non-hydrogen) atoms. The van der Waals surface area contributed by atoms with E-state index in [4.69, 9.17) is 4.98 Å². The quantitative estimate of drug-likeness (QED) is 0.134. The van der Waals surface area contributed by atoms with Gasteiger partial charge in [0.2, 0.25) is 5.95 Å². The molecule has 1 fully saturated rings. The first-order valence-corrected chi connectivity index (χ1v) is 21.4. The van der Waals surface area contributed by atoms with Crippen molar-refractivity contribution in [3.8, 4) is 17.5 Å². The van der Waals surface area contributed by atoms with Gasteiger partial charge in [0.1, 0.15) is 28.4 Å². The van der Waals surface area contributed by atoms with Crippen LogP contribution in [0.2, 0.25) is 0 Å². The van der Waals surface area contributed by atoms with E-state index in [-0.39, 0.29) is 59.6 Å². The summed E-state index contributed by atoms with van der Waals surface area (Å²) in [5.41, 5.74) is 5.10. The maximum absolute atomic E-state index is 15.2. The Morgan fingerprint density at radius 1 is 1.03 bits per heavy atom. The fraction of sp³-hybridized carbons (Fsp3) is 0.340. The highest BCUT2D eigenvalue weighted by Crippen LogP contribution is 2.34. The van der Waals surface area contributed by atoms with Crippen LogP contribution in [0.4, 0.5) is 29.2 Å². The lowest BCUT2D eigenvalue weighted by atomic mass is 9.93. The maximum atomic E-state index is 15.2. The molecular weight excluding hydrogens is 843 g/mol. The predicted molar refractivity (Wildman–Crippen MR) is 235 cm³/mol. The highest BCUT2D eigenvalue weighted by Gasteiger charge is 2.34. The lowest BCUT2D eigenvalue weighted by Crippen LogP contribution is -2.44.